The predicted molar refractivity (Wildman–Crippen MR) is 130 cm³/mol. The first kappa shape index (κ1) is 24.9. The molecule has 0 fully saturated rings. The van der Waals surface area contributed by atoms with E-state index in [-0.39, 0.29) is 10.5 Å². The number of benzene rings is 3. The zero-order chi connectivity index (χ0) is 24.7. The van der Waals surface area contributed by atoms with Crippen LogP contribution in [0.1, 0.15) is 15.9 Å². The minimum absolute atomic E-state index is 0.0682. The third-order valence-electron chi connectivity index (χ3n) is 4.63. The van der Waals surface area contributed by atoms with Gasteiger partial charge in [0.15, 0.2) is 11.5 Å². The first-order valence-electron chi connectivity index (χ1n) is 9.80. The second-order valence-electron chi connectivity index (χ2n) is 6.76. The highest BCUT2D eigenvalue weighted by molar-refractivity contribution is 7.92. The van der Waals surface area contributed by atoms with Crippen LogP contribution >= 0.6 is 11.6 Å². The molecule has 9 nitrogen and oxygen atoms in total. The minimum atomic E-state index is -3.79. The zero-order valence-corrected chi connectivity index (χ0v) is 20.1. The Morgan fingerprint density at radius 1 is 0.882 bits per heavy atom. The molecular formula is C23H22ClN3O6S. The Bertz CT molecular complexity index is 1290. The van der Waals surface area contributed by atoms with Crippen molar-refractivity contribution in [2.45, 2.75) is 4.90 Å². The molecule has 0 heterocycles. The molecule has 0 spiro atoms. The lowest BCUT2D eigenvalue weighted by Gasteiger charge is -2.13. The molecule has 0 unspecified atom stereocenters. The number of hydrazone groups is 1. The standard InChI is InChI=1S/C23H22ClN3O6S/c1-31-20-13-6-16(21(32-2)22(20)33-3)14-25-26-23(28)15-4-9-18(10-5-15)27-34(29,30)19-11-7-17(24)8-12-19/h4-14,27H,1-3H3,(H,26,28)/b25-14+. The highest BCUT2D eigenvalue weighted by Crippen LogP contribution is 2.38. The summed E-state index contributed by atoms with van der Waals surface area (Å²) < 4.78 is 43.3. The van der Waals surface area contributed by atoms with Crippen molar-refractivity contribution in [1.29, 1.82) is 0 Å². The third kappa shape index (κ3) is 5.77. The normalized spacial score (nSPS) is 11.2. The van der Waals surface area contributed by atoms with E-state index < -0.39 is 15.9 Å². The van der Waals surface area contributed by atoms with Crippen molar-refractivity contribution in [2.24, 2.45) is 5.10 Å². The molecule has 3 aromatic carbocycles. The average molecular weight is 504 g/mol. The van der Waals surface area contributed by atoms with Crippen molar-refractivity contribution < 1.29 is 27.4 Å². The summed E-state index contributed by atoms with van der Waals surface area (Å²) in [7, 11) is 0.694. The van der Waals surface area contributed by atoms with E-state index in [9.17, 15) is 13.2 Å². The van der Waals surface area contributed by atoms with Crippen LogP contribution in [0.3, 0.4) is 0 Å². The molecule has 1 amide bonds. The number of ether oxygens (including phenoxy) is 3. The maximum absolute atomic E-state index is 12.5. The molecule has 0 bridgehead atoms. The van der Waals surface area contributed by atoms with Gasteiger partial charge in [-0.2, -0.15) is 5.10 Å². The van der Waals surface area contributed by atoms with Crippen LogP contribution in [0.15, 0.2) is 70.7 Å². The van der Waals surface area contributed by atoms with Crippen molar-refractivity contribution in [3.63, 3.8) is 0 Å². The Labute approximate surface area is 202 Å². The molecule has 178 valence electrons. The smallest absolute Gasteiger partial charge is 0.271 e. The van der Waals surface area contributed by atoms with Gasteiger partial charge in [0.05, 0.1) is 32.4 Å². The van der Waals surface area contributed by atoms with Crippen molar-refractivity contribution >= 4 is 39.4 Å². The molecule has 0 saturated heterocycles. The fourth-order valence-electron chi connectivity index (χ4n) is 2.97. The highest BCUT2D eigenvalue weighted by Gasteiger charge is 2.16. The van der Waals surface area contributed by atoms with Gasteiger partial charge in [-0.25, -0.2) is 13.8 Å². The van der Waals surface area contributed by atoms with E-state index in [0.29, 0.717) is 33.5 Å². The molecule has 3 rings (SSSR count). The second kappa shape index (κ2) is 10.9. The molecule has 0 radical (unpaired) electrons. The van der Waals surface area contributed by atoms with Gasteiger partial charge in [-0.15, -0.1) is 0 Å². The van der Waals surface area contributed by atoms with Crippen LogP contribution in [0.2, 0.25) is 5.02 Å². The maximum atomic E-state index is 12.5. The number of halogens is 1. The number of carbonyl (C=O) groups excluding carboxylic acids is 1. The third-order valence-corrected chi connectivity index (χ3v) is 6.28. The summed E-state index contributed by atoms with van der Waals surface area (Å²) in [6.45, 7) is 0. The van der Waals surface area contributed by atoms with E-state index in [1.54, 1.807) is 12.1 Å². The lowest BCUT2D eigenvalue weighted by atomic mass is 10.2. The van der Waals surface area contributed by atoms with Crippen LogP contribution in [-0.4, -0.2) is 41.9 Å². The number of amides is 1. The van der Waals surface area contributed by atoms with Crippen LogP contribution in [0, 0.1) is 0 Å². The number of hydrogen-bond acceptors (Lipinski definition) is 7. The number of hydrogen-bond donors (Lipinski definition) is 2. The monoisotopic (exact) mass is 503 g/mol. The van der Waals surface area contributed by atoms with Crippen LogP contribution in [0.25, 0.3) is 0 Å². The number of nitrogens with one attached hydrogen (secondary N) is 2. The number of nitrogens with zero attached hydrogens (tertiary/aromatic N) is 1. The SMILES string of the molecule is COc1ccc(/C=N/NC(=O)c2ccc(NS(=O)(=O)c3ccc(Cl)cc3)cc2)c(OC)c1OC. The van der Waals surface area contributed by atoms with Gasteiger partial charge in [-0.05, 0) is 60.7 Å². The van der Waals surface area contributed by atoms with Crippen LogP contribution in [0.4, 0.5) is 5.69 Å². The number of carbonyl (C=O) groups is 1. The Morgan fingerprint density at radius 3 is 2.12 bits per heavy atom. The van der Waals surface area contributed by atoms with Crippen LogP contribution < -0.4 is 24.4 Å². The van der Waals surface area contributed by atoms with E-state index in [1.807, 2.05) is 0 Å². The van der Waals surface area contributed by atoms with E-state index in [0.717, 1.165) is 0 Å². The fourth-order valence-corrected chi connectivity index (χ4v) is 4.15. The van der Waals surface area contributed by atoms with Crippen LogP contribution in [-0.2, 0) is 10.0 Å². The summed E-state index contributed by atoms with van der Waals surface area (Å²) in [5, 5.41) is 4.39. The largest absolute Gasteiger partial charge is 0.493 e. The number of rotatable bonds is 9. The van der Waals surface area contributed by atoms with Gasteiger partial charge in [0.2, 0.25) is 5.75 Å². The van der Waals surface area contributed by atoms with Crippen molar-refractivity contribution in [3.05, 3.63) is 76.8 Å². The first-order valence-corrected chi connectivity index (χ1v) is 11.7. The molecule has 0 saturated carbocycles. The minimum Gasteiger partial charge on any atom is -0.493 e. The molecule has 0 aliphatic carbocycles. The summed E-state index contributed by atoms with van der Waals surface area (Å²) in [6.07, 6.45) is 1.41. The predicted octanol–water partition coefficient (Wildman–Crippen LogP) is 3.93. The molecule has 3 aromatic rings. The molecule has 0 atom stereocenters. The van der Waals surface area contributed by atoms with E-state index >= 15 is 0 Å². The number of anilines is 1. The maximum Gasteiger partial charge on any atom is 0.271 e. The fraction of sp³-hybridized carbons (Fsp3) is 0.130. The molecule has 2 N–H and O–H groups in total. The average Bonchev–Trinajstić information content (AvgIpc) is 2.83. The molecule has 0 aromatic heterocycles. The van der Waals surface area contributed by atoms with Gasteiger partial charge >= 0.3 is 0 Å². The lowest BCUT2D eigenvalue weighted by molar-refractivity contribution is 0.0955. The summed E-state index contributed by atoms with van der Waals surface area (Å²) in [5.41, 5.74) is 3.56. The summed E-state index contributed by atoms with van der Waals surface area (Å²) >= 11 is 5.80. The van der Waals surface area contributed by atoms with E-state index in [2.05, 4.69) is 15.2 Å². The van der Waals surface area contributed by atoms with Gasteiger partial charge in [0.25, 0.3) is 15.9 Å². The summed E-state index contributed by atoms with van der Waals surface area (Å²) in [6, 6.07) is 15.1. The first-order chi connectivity index (χ1) is 16.3. The van der Waals surface area contributed by atoms with Gasteiger partial charge in [0.1, 0.15) is 0 Å². The molecule has 0 aliphatic heterocycles. The van der Waals surface area contributed by atoms with Gasteiger partial charge in [0, 0.05) is 21.8 Å². The Kier molecular flexibility index (Phi) is 7.98. The Hall–Kier alpha value is -3.76. The summed E-state index contributed by atoms with van der Waals surface area (Å²) in [5.74, 6) is 0.809. The lowest BCUT2D eigenvalue weighted by Crippen LogP contribution is -2.18. The van der Waals surface area contributed by atoms with Crippen molar-refractivity contribution in [3.8, 4) is 17.2 Å². The quantitative estimate of drug-likeness (QED) is 0.337. The second-order valence-corrected chi connectivity index (χ2v) is 8.88. The van der Waals surface area contributed by atoms with Gasteiger partial charge in [-0.1, -0.05) is 11.6 Å². The van der Waals surface area contributed by atoms with Gasteiger partial charge < -0.3 is 14.2 Å². The van der Waals surface area contributed by atoms with Gasteiger partial charge in [-0.3, -0.25) is 9.52 Å². The number of sulfonamides is 1. The van der Waals surface area contributed by atoms with Crippen LogP contribution in [0.5, 0.6) is 17.2 Å². The zero-order valence-electron chi connectivity index (χ0n) is 18.5. The van der Waals surface area contributed by atoms with E-state index in [1.165, 1.54) is 76.1 Å². The Balaban J connectivity index is 1.67. The molecule has 34 heavy (non-hydrogen) atoms. The molecule has 0 aliphatic rings. The highest BCUT2D eigenvalue weighted by atomic mass is 35.5. The Morgan fingerprint density at radius 2 is 1.53 bits per heavy atom. The number of methoxy groups -OCH3 is 3. The topological polar surface area (TPSA) is 115 Å². The van der Waals surface area contributed by atoms with Crippen molar-refractivity contribution in [2.75, 3.05) is 26.1 Å². The van der Waals surface area contributed by atoms with Crippen molar-refractivity contribution in [1.82, 2.24) is 5.43 Å². The summed E-state index contributed by atoms with van der Waals surface area (Å²) in [4.78, 5) is 12.5. The molecule has 11 heteroatoms. The van der Waals surface area contributed by atoms with E-state index in [4.69, 9.17) is 25.8 Å². The molecular weight excluding hydrogens is 482 g/mol.